The molecular formula is C14H21N5O. The molecule has 0 aromatic carbocycles. The van der Waals surface area contributed by atoms with Crippen LogP contribution in [0.1, 0.15) is 30.2 Å². The molecule has 1 N–H and O–H groups in total. The summed E-state index contributed by atoms with van der Waals surface area (Å²) in [5, 5.41) is 8.23. The Bertz CT molecular complexity index is 605. The van der Waals surface area contributed by atoms with Gasteiger partial charge in [0.05, 0.1) is 11.8 Å². The van der Waals surface area contributed by atoms with Crippen molar-refractivity contribution in [1.29, 1.82) is 0 Å². The molecule has 2 aromatic rings. The van der Waals surface area contributed by atoms with Crippen molar-refractivity contribution in [2.45, 2.75) is 19.9 Å². The molecule has 1 amide bonds. The van der Waals surface area contributed by atoms with Gasteiger partial charge in [0.25, 0.3) is 5.91 Å². The lowest BCUT2D eigenvalue weighted by molar-refractivity contribution is 0.0796. The monoisotopic (exact) mass is 275 g/mol. The van der Waals surface area contributed by atoms with Crippen LogP contribution in [0.15, 0.2) is 18.5 Å². The van der Waals surface area contributed by atoms with Crippen LogP contribution >= 0.6 is 0 Å². The normalized spacial score (nSPS) is 11.2. The van der Waals surface area contributed by atoms with E-state index >= 15 is 0 Å². The first kappa shape index (κ1) is 14.5. The van der Waals surface area contributed by atoms with Gasteiger partial charge in [0.1, 0.15) is 0 Å². The van der Waals surface area contributed by atoms with Gasteiger partial charge in [-0.25, -0.2) is 9.67 Å². The van der Waals surface area contributed by atoms with E-state index in [1.54, 1.807) is 24.3 Å². The number of hydrogen-bond donors (Lipinski definition) is 1. The topological polar surface area (TPSA) is 63.1 Å². The average molecular weight is 275 g/mol. The van der Waals surface area contributed by atoms with Gasteiger partial charge in [-0.15, -0.1) is 0 Å². The summed E-state index contributed by atoms with van der Waals surface area (Å²) in [6.07, 6.45) is 3.38. The molecule has 108 valence electrons. The van der Waals surface area contributed by atoms with Crippen molar-refractivity contribution >= 4 is 16.9 Å². The summed E-state index contributed by atoms with van der Waals surface area (Å²) in [6, 6.07) is 2.10. The first-order chi connectivity index (χ1) is 9.54. The minimum absolute atomic E-state index is 0.0213. The van der Waals surface area contributed by atoms with E-state index in [4.69, 9.17) is 0 Å². The maximum absolute atomic E-state index is 12.3. The predicted molar refractivity (Wildman–Crippen MR) is 78.8 cm³/mol. The molecule has 2 rings (SSSR count). The summed E-state index contributed by atoms with van der Waals surface area (Å²) < 4.78 is 1.86. The third-order valence-electron chi connectivity index (χ3n) is 3.21. The van der Waals surface area contributed by atoms with Gasteiger partial charge >= 0.3 is 0 Å². The van der Waals surface area contributed by atoms with Crippen molar-refractivity contribution in [2.24, 2.45) is 0 Å². The predicted octanol–water partition coefficient (Wildman–Crippen LogP) is 1.30. The number of pyridine rings is 1. The van der Waals surface area contributed by atoms with Crippen molar-refractivity contribution < 1.29 is 4.79 Å². The van der Waals surface area contributed by atoms with Crippen molar-refractivity contribution in [1.82, 2.24) is 25.0 Å². The van der Waals surface area contributed by atoms with E-state index in [0.29, 0.717) is 12.1 Å². The van der Waals surface area contributed by atoms with E-state index in [0.717, 1.165) is 17.6 Å². The molecule has 2 aromatic heterocycles. The smallest absolute Gasteiger partial charge is 0.255 e. The van der Waals surface area contributed by atoms with Crippen molar-refractivity contribution in [3.05, 3.63) is 24.0 Å². The molecule has 0 aliphatic heterocycles. The van der Waals surface area contributed by atoms with Gasteiger partial charge in [0.2, 0.25) is 0 Å². The van der Waals surface area contributed by atoms with Gasteiger partial charge in [0.15, 0.2) is 5.65 Å². The Morgan fingerprint density at radius 2 is 2.20 bits per heavy atom. The zero-order valence-electron chi connectivity index (χ0n) is 12.4. The minimum atomic E-state index is -0.0213. The highest BCUT2D eigenvalue weighted by Crippen LogP contribution is 2.17. The molecule has 0 unspecified atom stereocenters. The average Bonchev–Trinajstić information content (AvgIpc) is 2.86. The highest BCUT2D eigenvalue weighted by atomic mass is 16.2. The number of nitrogens with one attached hydrogen (secondary N) is 1. The summed E-state index contributed by atoms with van der Waals surface area (Å²) in [7, 11) is 3.66. The number of fused-ring (bicyclic) bond motifs is 1. The Labute approximate surface area is 118 Å². The van der Waals surface area contributed by atoms with Crippen LogP contribution in [0.4, 0.5) is 0 Å². The van der Waals surface area contributed by atoms with Crippen molar-refractivity contribution in [3.63, 3.8) is 0 Å². The second-order valence-electron chi connectivity index (χ2n) is 5.15. The molecule has 6 heteroatoms. The molecule has 0 saturated carbocycles. The number of hydrogen-bond acceptors (Lipinski definition) is 4. The SMILES string of the molecule is CNCCN(C)C(=O)c1cnc2c(cnn2C(C)C)c1. The zero-order chi connectivity index (χ0) is 14.7. The van der Waals surface area contributed by atoms with E-state index in [1.807, 2.05) is 17.8 Å². The van der Waals surface area contributed by atoms with Crippen molar-refractivity contribution in [3.8, 4) is 0 Å². The first-order valence-electron chi connectivity index (χ1n) is 6.78. The molecule has 0 fully saturated rings. The Balaban J connectivity index is 2.26. The molecule has 2 heterocycles. The van der Waals surface area contributed by atoms with Crippen LogP contribution in [0.3, 0.4) is 0 Å². The van der Waals surface area contributed by atoms with E-state index in [2.05, 4.69) is 29.2 Å². The standard InChI is InChI=1S/C14H21N5O/c1-10(2)19-13-11(9-17-19)7-12(8-16-13)14(20)18(4)6-5-15-3/h7-10,15H,5-6H2,1-4H3. The number of amides is 1. The summed E-state index contributed by atoms with van der Waals surface area (Å²) in [5.74, 6) is -0.0213. The number of nitrogens with zero attached hydrogens (tertiary/aromatic N) is 4. The largest absolute Gasteiger partial charge is 0.340 e. The second kappa shape index (κ2) is 6.00. The van der Waals surface area contributed by atoms with Gasteiger partial charge in [-0.3, -0.25) is 4.79 Å². The van der Waals surface area contributed by atoms with Gasteiger partial charge in [0, 0.05) is 37.8 Å². The maximum Gasteiger partial charge on any atom is 0.255 e. The number of carbonyl (C=O) groups is 1. The van der Waals surface area contributed by atoms with E-state index in [9.17, 15) is 4.79 Å². The lowest BCUT2D eigenvalue weighted by Gasteiger charge is -2.16. The van der Waals surface area contributed by atoms with Crippen LogP contribution in [0, 0.1) is 0 Å². The van der Waals surface area contributed by atoms with Gasteiger partial charge in [-0.1, -0.05) is 0 Å². The van der Waals surface area contributed by atoms with Crippen LogP contribution in [0.5, 0.6) is 0 Å². The second-order valence-corrected chi connectivity index (χ2v) is 5.15. The Morgan fingerprint density at radius 1 is 1.45 bits per heavy atom. The third-order valence-corrected chi connectivity index (χ3v) is 3.21. The Hall–Kier alpha value is -1.95. The number of carbonyl (C=O) groups excluding carboxylic acids is 1. The van der Waals surface area contributed by atoms with Crippen LogP contribution in [0.25, 0.3) is 11.0 Å². The third kappa shape index (κ3) is 2.80. The number of rotatable bonds is 5. The van der Waals surface area contributed by atoms with E-state index in [-0.39, 0.29) is 11.9 Å². The molecule has 0 spiro atoms. The molecule has 6 nitrogen and oxygen atoms in total. The van der Waals surface area contributed by atoms with Crippen LogP contribution in [0.2, 0.25) is 0 Å². The fraction of sp³-hybridized carbons (Fsp3) is 0.500. The molecule has 0 aliphatic carbocycles. The molecule has 20 heavy (non-hydrogen) atoms. The van der Waals surface area contributed by atoms with Crippen molar-refractivity contribution in [2.75, 3.05) is 27.2 Å². The molecule has 0 bridgehead atoms. The summed E-state index contributed by atoms with van der Waals surface area (Å²) in [5.41, 5.74) is 1.41. The zero-order valence-corrected chi connectivity index (χ0v) is 12.4. The molecule has 0 radical (unpaired) electrons. The minimum Gasteiger partial charge on any atom is -0.340 e. The molecule has 0 saturated heterocycles. The van der Waals surface area contributed by atoms with E-state index in [1.165, 1.54) is 0 Å². The van der Waals surface area contributed by atoms with E-state index < -0.39 is 0 Å². The van der Waals surface area contributed by atoms with Gasteiger partial charge in [-0.2, -0.15) is 5.10 Å². The Morgan fingerprint density at radius 3 is 2.85 bits per heavy atom. The highest BCUT2D eigenvalue weighted by molar-refractivity contribution is 5.96. The van der Waals surface area contributed by atoms with Gasteiger partial charge < -0.3 is 10.2 Å². The number of aromatic nitrogens is 3. The highest BCUT2D eigenvalue weighted by Gasteiger charge is 2.14. The lowest BCUT2D eigenvalue weighted by Crippen LogP contribution is -2.32. The molecular weight excluding hydrogens is 254 g/mol. The lowest BCUT2D eigenvalue weighted by atomic mass is 10.2. The summed E-state index contributed by atoms with van der Waals surface area (Å²) in [4.78, 5) is 18.3. The fourth-order valence-electron chi connectivity index (χ4n) is 2.04. The van der Waals surface area contributed by atoms with Crippen LogP contribution < -0.4 is 5.32 Å². The number of likely N-dealkylation sites (N-methyl/N-ethyl adjacent to an activating group) is 2. The van der Waals surface area contributed by atoms with Crippen LogP contribution in [-0.2, 0) is 0 Å². The quantitative estimate of drug-likeness (QED) is 0.893. The maximum atomic E-state index is 12.3. The Kier molecular flexibility index (Phi) is 4.34. The first-order valence-corrected chi connectivity index (χ1v) is 6.78. The summed E-state index contributed by atoms with van der Waals surface area (Å²) >= 11 is 0. The summed E-state index contributed by atoms with van der Waals surface area (Å²) in [6.45, 7) is 5.54. The fourth-order valence-corrected chi connectivity index (χ4v) is 2.04. The van der Waals surface area contributed by atoms with Crippen LogP contribution in [-0.4, -0.2) is 52.8 Å². The molecule has 0 aliphatic rings. The molecule has 0 atom stereocenters. The van der Waals surface area contributed by atoms with Gasteiger partial charge in [-0.05, 0) is 27.0 Å².